The van der Waals surface area contributed by atoms with Gasteiger partial charge in [-0.2, -0.15) is 0 Å². The van der Waals surface area contributed by atoms with Gasteiger partial charge in [0.15, 0.2) is 5.78 Å². The number of carbonyl (C=O) groups excluding carboxylic acids is 2. The van der Waals surface area contributed by atoms with Gasteiger partial charge in [-0.05, 0) is 31.2 Å². The third kappa shape index (κ3) is 3.43. The number of nitrogens with one attached hydrogen (secondary N) is 1. The molecule has 0 saturated carbocycles. The zero-order valence-corrected chi connectivity index (χ0v) is 12.1. The molecular formula is C13H16N2O4S. The molecule has 1 aromatic rings. The summed E-state index contributed by atoms with van der Waals surface area (Å²) in [6.45, 7) is 3.66. The average Bonchev–Trinajstić information content (AvgIpc) is 2.78. The highest BCUT2D eigenvalue weighted by Gasteiger charge is 2.31. The van der Waals surface area contributed by atoms with Gasteiger partial charge in [-0.1, -0.05) is 0 Å². The average molecular weight is 296 g/mol. The van der Waals surface area contributed by atoms with Crippen molar-refractivity contribution in [2.75, 3.05) is 17.4 Å². The third-order valence-electron chi connectivity index (χ3n) is 2.91. The second-order valence-electron chi connectivity index (χ2n) is 4.54. The molecule has 2 unspecified atom stereocenters. The Labute approximate surface area is 119 Å². The van der Waals surface area contributed by atoms with E-state index in [0.717, 1.165) is 5.69 Å². The van der Waals surface area contributed by atoms with Crippen molar-refractivity contribution in [3.8, 4) is 0 Å². The van der Waals surface area contributed by atoms with E-state index in [1.165, 1.54) is 13.8 Å². The van der Waals surface area contributed by atoms with E-state index in [1.807, 2.05) is 0 Å². The maximum Gasteiger partial charge on any atom is 0.265 e. The Hall–Kier alpha value is -1.73. The fraction of sp³-hybridized carbons (Fsp3) is 0.385. The Morgan fingerprint density at radius 3 is 2.55 bits per heavy atom. The molecule has 1 aromatic carbocycles. The van der Waals surface area contributed by atoms with Gasteiger partial charge in [0.05, 0.1) is 12.2 Å². The predicted molar refractivity (Wildman–Crippen MR) is 75.5 cm³/mol. The summed E-state index contributed by atoms with van der Waals surface area (Å²) in [5, 5.41) is 2.63. The summed E-state index contributed by atoms with van der Waals surface area (Å²) in [5.74, 6) is -0.164. The van der Waals surface area contributed by atoms with Crippen LogP contribution in [0.15, 0.2) is 24.3 Å². The summed E-state index contributed by atoms with van der Waals surface area (Å²) < 4.78 is 18.8. The lowest BCUT2D eigenvalue weighted by atomic mass is 10.1. The SMILES string of the molecule is CC(=O)NCC1CN(c2ccc(C(C)=O)cc2)S(=O)O1. The van der Waals surface area contributed by atoms with E-state index in [9.17, 15) is 13.8 Å². The van der Waals surface area contributed by atoms with Crippen LogP contribution in [0.4, 0.5) is 5.69 Å². The molecule has 1 heterocycles. The van der Waals surface area contributed by atoms with Gasteiger partial charge in [0.2, 0.25) is 5.91 Å². The van der Waals surface area contributed by atoms with Gasteiger partial charge in [0.1, 0.15) is 6.10 Å². The zero-order chi connectivity index (χ0) is 14.7. The first-order chi connectivity index (χ1) is 9.47. The van der Waals surface area contributed by atoms with Crippen molar-refractivity contribution < 1.29 is 18.0 Å². The van der Waals surface area contributed by atoms with Crippen LogP contribution in [0, 0.1) is 0 Å². The van der Waals surface area contributed by atoms with E-state index in [4.69, 9.17) is 4.18 Å². The van der Waals surface area contributed by atoms with Crippen LogP contribution in [0.1, 0.15) is 24.2 Å². The first-order valence-electron chi connectivity index (χ1n) is 6.19. The molecule has 2 rings (SSSR count). The Morgan fingerprint density at radius 1 is 1.35 bits per heavy atom. The van der Waals surface area contributed by atoms with Gasteiger partial charge < -0.3 is 5.32 Å². The van der Waals surface area contributed by atoms with Crippen molar-refractivity contribution in [1.82, 2.24) is 5.32 Å². The minimum atomic E-state index is -1.58. The number of hydrogen-bond acceptors (Lipinski definition) is 4. The van der Waals surface area contributed by atoms with E-state index in [1.54, 1.807) is 28.6 Å². The number of nitrogens with zero attached hydrogens (tertiary/aromatic N) is 1. The number of benzene rings is 1. The van der Waals surface area contributed by atoms with Crippen molar-refractivity contribution in [1.29, 1.82) is 0 Å². The number of amides is 1. The Morgan fingerprint density at radius 2 is 2.00 bits per heavy atom. The molecule has 0 bridgehead atoms. The third-order valence-corrected chi connectivity index (χ3v) is 4.06. The van der Waals surface area contributed by atoms with Crippen molar-refractivity contribution >= 4 is 28.6 Å². The molecule has 0 aliphatic carbocycles. The molecule has 6 nitrogen and oxygen atoms in total. The van der Waals surface area contributed by atoms with Crippen molar-refractivity contribution in [2.45, 2.75) is 20.0 Å². The van der Waals surface area contributed by atoms with Gasteiger partial charge in [-0.15, -0.1) is 0 Å². The molecule has 1 saturated heterocycles. The topological polar surface area (TPSA) is 75.7 Å². The Kier molecular flexibility index (Phi) is 4.51. The zero-order valence-electron chi connectivity index (χ0n) is 11.3. The van der Waals surface area contributed by atoms with Crippen molar-refractivity contribution in [3.63, 3.8) is 0 Å². The lowest BCUT2D eigenvalue weighted by Crippen LogP contribution is -2.33. The first-order valence-corrected chi connectivity index (χ1v) is 7.22. The second-order valence-corrected chi connectivity index (χ2v) is 5.60. The maximum absolute atomic E-state index is 11.9. The molecule has 1 amide bonds. The highest BCUT2D eigenvalue weighted by atomic mass is 32.2. The quantitative estimate of drug-likeness (QED) is 0.834. The number of Topliss-reactive ketones (excluding diaryl/α,β-unsaturated/α-hetero) is 1. The fourth-order valence-corrected chi connectivity index (χ4v) is 2.90. The summed E-state index contributed by atoms with van der Waals surface area (Å²) in [6.07, 6.45) is -0.313. The van der Waals surface area contributed by atoms with Crippen LogP contribution in [-0.4, -0.2) is 35.1 Å². The largest absolute Gasteiger partial charge is 0.354 e. The number of ketones is 1. The maximum atomic E-state index is 11.9. The van der Waals surface area contributed by atoms with E-state index in [0.29, 0.717) is 18.7 Å². The van der Waals surface area contributed by atoms with E-state index in [2.05, 4.69) is 5.32 Å². The normalized spacial score (nSPS) is 21.8. The molecular weight excluding hydrogens is 280 g/mol. The molecule has 1 N–H and O–H groups in total. The van der Waals surface area contributed by atoms with Gasteiger partial charge in [-0.25, -0.2) is 4.21 Å². The van der Waals surface area contributed by atoms with Crippen LogP contribution < -0.4 is 9.62 Å². The molecule has 20 heavy (non-hydrogen) atoms. The number of anilines is 1. The van der Waals surface area contributed by atoms with Crippen LogP contribution in [0.25, 0.3) is 0 Å². The van der Waals surface area contributed by atoms with Crippen LogP contribution in [0.3, 0.4) is 0 Å². The summed E-state index contributed by atoms with van der Waals surface area (Å²) >= 11 is -1.58. The first kappa shape index (κ1) is 14.7. The van der Waals surface area contributed by atoms with E-state index < -0.39 is 11.3 Å². The smallest absolute Gasteiger partial charge is 0.265 e. The molecule has 2 atom stereocenters. The standard InChI is InChI=1S/C13H16N2O4S/c1-9(16)11-3-5-12(6-4-11)15-8-13(19-20(15)18)7-14-10(2)17/h3-6,13H,7-8H2,1-2H3,(H,14,17). The van der Waals surface area contributed by atoms with Crippen molar-refractivity contribution in [3.05, 3.63) is 29.8 Å². The summed E-state index contributed by atoms with van der Waals surface area (Å²) in [4.78, 5) is 22.1. The van der Waals surface area contributed by atoms with Gasteiger partial charge in [-0.3, -0.25) is 18.1 Å². The summed E-state index contributed by atoms with van der Waals surface area (Å²) in [5.41, 5.74) is 1.33. The van der Waals surface area contributed by atoms with Gasteiger partial charge in [0.25, 0.3) is 11.3 Å². The minimum absolute atomic E-state index is 0.0149. The Bertz CT molecular complexity index is 544. The summed E-state index contributed by atoms with van der Waals surface area (Å²) in [7, 11) is 0. The van der Waals surface area contributed by atoms with Crippen LogP contribution in [0.2, 0.25) is 0 Å². The molecule has 0 spiro atoms. The number of hydrogen-bond donors (Lipinski definition) is 1. The number of rotatable bonds is 4. The molecule has 0 radical (unpaired) electrons. The van der Waals surface area contributed by atoms with Crippen LogP contribution in [0.5, 0.6) is 0 Å². The Balaban J connectivity index is 2.03. The summed E-state index contributed by atoms with van der Waals surface area (Å²) in [6, 6.07) is 6.85. The molecule has 108 valence electrons. The van der Waals surface area contributed by atoms with E-state index >= 15 is 0 Å². The second kappa shape index (κ2) is 6.15. The minimum Gasteiger partial charge on any atom is -0.354 e. The highest BCUT2D eigenvalue weighted by Crippen LogP contribution is 2.23. The monoisotopic (exact) mass is 296 g/mol. The lowest BCUT2D eigenvalue weighted by Gasteiger charge is -2.14. The van der Waals surface area contributed by atoms with Gasteiger partial charge >= 0.3 is 0 Å². The molecule has 1 fully saturated rings. The molecule has 0 aromatic heterocycles. The van der Waals surface area contributed by atoms with Crippen molar-refractivity contribution in [2.24, 2.45) is 0 Å². The molecule has 7 heteroatoms. The molecule has 1 aliphatic heterocycles. The number of carbonyl (C=O) groups is 2. The lowest BCUT2D eigenvalue weighted by molar-refractivity contribution is -0.119. The van der Waals surface area contributed by atoms with E-state index in [-0.39, 0.29) is 17.8 Å². The van der Waals surface area contributed by atoms with Gasteiger partial charge in [0, 0.05) is 19.0 Å². The fourth-order valence-electron chi connectivity index (χ4n) is 1.85. The van der Waals surface area contributed by atoms with Crippen LogP contribution >= 0.6 is 0 Å². The molecule has 1 aliphatic rings. The van der Waals surface area contributed by atoms with Crippen LogP contribution in [-0.2, 0) is 20.2 Å². The highest BCUT2D eigenvalue weighted by molar-refractivity contribution is 7.82. The predicted octanol–water partition coefficient (Wildman–Crippen LogP) is 0.809.